The average molecular weight is 323 g/mol. The molecular weight excluding hydrogens is 302 g/mol. The van der Waals surface area contributed by atoms with Crippen molar-refractivity contribution in [2.24, 2.45) is 11.7 Å². The molecular formula is C14H21ClF2N2O2. The summed E-state index contributed by atoms with van der Waals surface area (Å²) in [5.41, 5.74) is 6.42. The lowest BCUT2D eigenvalue weighted by molar-refractivity contribution is -0.123. The molecule has 1 amide bonds. The molecule has 120 valence electrons. The largest absolute Gasteiger partial charge is 0.435 e. The third kappa shape index (κ3) is 6.27. The van der Waals surface area contributed by atoms with Crippen molar-refractivity contribution in [1.29, 1.82) is 0 Å². The second-order valence-corrected chi connectivity index (χ2v) is 4.95. The summed E-state index contributed by atoms with van der Waals surface area (Å²) in [4.78, 5) is 11.8. The Bertz CT molecular complexity index is 458. The molecule has 0 heterocycles. The zero-order valence-corrected chi connectivity index (χ0v) is 13.0. The van der Waals surface area contributed by atoms with E-state index in [9.17, 15) is 13.6 Å². The highest BCUT2D eigenvalue weighted by atomic mass is 35.5. The summed E-state index contributed by atoms with van der Waals surface area (Å²) in [6.45, 7) is 2.59. The van der Waals surface area contributed by atoms with Gasteiger partial charge in [-0.2, -0.15) is 8.78 Å². The van der Waals surface area contributed by atoms with Crippen molar-refractivity contribution in [3.05, 3.63) is 29.8 Å². The standard InChI is InChI=1S/C14H20F2N2O2.ClH/c1-8(2)12(17)13(19)18-9(3)10-5-4-6-11(7-10)20-14(15)16;/h4-9,12,14H,17H2,1-3H3,(H,18,19);1H/t9?,12-;/m1./s1. The Labute approximate surface area is 129 Å². The summed E-state index contributed by atoms with van der Waals surface area (Å²) < 4.78 is 28.6. The van der Waals surface area contributed by atoms with Crippen LogP contribution < -0.4 is 15.8 Å². The van der Waals surface area contributed by atoms with Gasteiger partial charge in [0.1, 0.15) is 5.75 Å². The van der Waals surface area contributed by atoms with Gasteiger partial charge in [0.05, 0.1) is 12.1 Å². The Balaban J connectivity index is 0.00000400. The van der Waals surface area contributed by atoms with Crippen LogP contribution in [-0.4, -0.2) is 18.6 Å². The van der Waals surface area contributed by atoms with E-state index in [0.29, 0.717) is 5.56 Å². The number of amides is 1. The first-order chi connectivity index (χ1) is 9.31. The number of nitrogens with one attached hydrogen (secondary N) is 1. The van der Waals surface area contributed by atoms with Gasteiger partial charge in [-0.3, -0.25) is 4.79 Å². The van der Waals surface area contributed by atoms with Gasteiger partial charge in [-0.1, -0.05) is 26.0 Å². The van der Waals surface area contributed by atoms with Crippen molar-refractivity contribution < 1.29 is 18.3 Å². The third-order valence-electron chi connectivity index (χ3n) is 2.96. The number of rotatable bonds is 6. The molecule has 0 bridgehead atoms. The van der Waals surface area contributed by atoms with Gasteiger partial charge in [-0.05, 0) is 30.5 Å². The summed E-state index contributed by atoms with van der Waals surface area (Å²) in [6, 6.07) is 5.29. The normalized spacial score (nSPS) is 13.5. The lowest BCUT2D eigenvalue weighted by Crippen LogP contribution is -2.44. The Hall–Kier alpha value is -1.40. The molecule has 0 aliphatic rings. The van der Waals surface area contributed by atoms with Crippen LogP contribution in [0.5, 0.6) is 5.75 Å². The number of carbonyl (C=O) groups is 1. The van der Waals surface area contributed by atoms with Crippen LogP contribution in [0.25, 0.3) is 0 Å². The molecule has 0 spiro atoms. The van der Waals surface area contributed by atoms with Gasteiger partial charge in [0.2, 0.25) is 5.91 Å². The van der Waals surface area contributed by atoms with Crippen LogP contribution in [0.2, 0.25) is 0 Å². The predicted octanol–water partition coefficient (Wildman–Crippen LogP) is 2.87. The molecule has 1 unspecified atom stereocenters. The molecule has 3 N–H and O–H groups in total. The molecule has 1 aromatic carbocycles. The topological polar surface area (TPSA) is 64.4 Å². The Morgan fingerprint density at radius 1 is 1.29 bits per heavy atom. The maximum Gasteiger partial charge on any atom is 0.387 e. The lowest BCUT2D eigenvalue weighted by atomic mass is 10.0. The van der Waals surface area contributed by atoms with E-state index in [1.54, 1.807) is 19.1 Å². The summed E-state index contributed by atoms with van der Waals surface area (Å²) in [5.74, 6) is -0.185. The van der Waals surface area contributed by atoms with E-state index >= 15 is 0 Å². The van der Waals surface area contributed by atoms with E-state index < -0.39 is 12.7 Å². The molecule has 21 heavy (non-hydrogen) atoms. The van der Waals surface area contributed by atoms with E-state index in [-0.39, 0.29) is 36.0 Å². The monoisotopic (exact) mass is 322 g/mol. The third-order valence-corrected chi connectivity index (χ3v) is 2.96. The number of benzene rings is 1. The fraction of sp³-hybridized carbons (Fsp3) is 0.500. The van der Waals surface area contributed by atoms with Gasteiger partial charge in [-0.15, -0.1) is 12.4 Å². The van der Waals surface area contributed by atoms with E-state index in [4.69, 9.17) is 5.73 Å². The van der Waals surface area contributed by atoms with Crippen molar-refractivity contribution in [3.63, 3.8) is 0 Å². The number of hydrogen-bond donors (Lipinski definition) is 2. The summed E-state index contributed by atoms with van der Waals surface area (Å²) >= 11 is 0. The smallest absolute Gasteiger partial charge is 0.387 e. The van der Waals surface area contributed by atoms with E-state index in [0.717, 1.165) is 0 Å². The van der Waals surface area contributed by atoms with Gasteiger partial charge in [-0.25, -0.2) is 0 Å². The first-order valence-electron chi connectivity index (χ1n) is 6.42. The number of ether oxygens (including phenoxy) is 1. The van der Waals surface area contributed by atoms with Crippen LogP contribution in [-0.2, 0) is 4.79 Å². The molecule has 0 radical (unpaired) electrons. The van der Waals surface area contributed by atoms with Crippen LogP contribution in [0.3, 0.4) is 0 Å². The highest BCUT2D eigenvalue weighted by Gasteiger charge is 2.19. The van der Waals surface area contributed by atoms with Gasteiger partial charge in [0.25, 0.3) is 0 Å². The maximum absolute atomic E-state index is 12.1. The van der Waals surface area contributed by atoms with Crippen LogP contribution in [0.4, 0.5) is 8.78 Å². The Morgan fingerprint density at radius 2 is 1.90 bits per heavy atom. The maximum atomic E-state index is 12.1. The van der Waals surface area contributed by atoms with Crippen molar-refractivity contribution >= 4 is 18.3 Å². The highest BCUT2D eigenvalue weighted by Crippen LogP contribution is 2.20. The van der Waals surface area contributed by atoms with Crippen molar-refractivity contribution in [3.8, 4) is 5.75 Å². The molecule has 7 heteroatoms. The minimum Gasteiger partial charge on any atom is -0.435 e. The summed E-state index contributed by atoms with van der Waals surface area (Å²) in [7, 11) is 0. The first-order valence-corrected chi connectivity index (χ1v) is 6.42. The summed E-state index contributed by atoms with van der Waals surface area (Å²) in [6.07, 6.45) is 0. The molecule has 4 nitrogen and oxygen atoms in total. The molecule has 1 rings (SSSR count). The second kappa shape index (κ2) is 8.79. The first kappa shape index (κ1) is 19.6. The van der Waals surface area contributed by atoms with Gasteiger partial charge in [0.15, 0.2) is 0 Å². The molecule has 0 saturated carbocycles. The van der Waals surface area contributed by atoms with Crippen molar-refractivity contribution in [2.75, 3.05) is 0 Å². The Kier molecular flexibility index (Phi) is 8.21. The summed E-state index contributed by atoms with van der Waals surface area (Å²) in [5, 5.41) is 2.75. The number of alkyl halides is 2. The predicted molar refractivity (Wildman–Crippen MR) is 79.7 cm³/mol. The van der Waals surface area contributed by atoms with Gasteiger partial charge in [0, 0.05) is 0 Å². The minimum atomic E-state index is -2.87. The number of nitrogens with two attached hydrogens (primary N) is 1. The highest BCUT2D eigenvalue weighted by molar-refractivity contribution is 5.85. The number of carbonyl (C=O) groups excluding carboxylic acids is 1. The fourth-order valence-electron chi connectivity index (χ4n) is 1.66. The van der Waals surface area contributed by atoms with Gasteiger partial charge < -0.3 is 15.8 Å². The van der Waals surface area contributed by atoms with Crippen molar-refractivity contribution in [2.45, 2.75) is 39.5 Å². The molecule has 1 aromatic rings. The van der Waals surface area contributed by atoms with Crippen LogP contribution >= 0.6 is 12.4 Å². The molecule has 0 saturated heterocycles. The van der Waals surface area contributed by atoms with Gasteiger partial charge >= 0.3 is 6.61 Å². The second-order valence-electron chi connectivity index (χ2n) is 4.95. The number of hydrogen-bond acceptors (Lipinski definition) is 3. The fourth-order valence-corrected chi connectivity index (χ4v) is 1.66. The Morgan fingerprint density at radius 3 is 2.43 bits per heavy atom. The average Bonchev–Trinajstić information content (AvgIpc) is 2.37. The van der Waals surface area contributed by atoms with E-state index in [2.05, 4.69) is 10.1 Å². The number of halogens is 3. The quantitative estimate of drug-likeness (QED) is 0.846. The van der Waals surface area contributed by atoms with E-state index in [1.165, 1.54) is 12.1 Å². The zero-order chi connectivity index (χ0) is 15.3. The van der Waals surface area contributed by atoms with Crippen LogP contribution in [0, 0.1) is 5.92 Å². The van der Waals surface area contributed by atoms with E-state index in [1.807, 2.05) is 13.8 Å². The molecule has 0 aromatic heterocycles. The van der Waals surface area contributed by atoms with Crippen molar-refractivity contribution in [1.82, 2.24) is 5.32 Å². The zero-order valence-electron chi connectivity index (χ0n) is 12.2. The van der Waals surface area contributed by atoms with Crippen LogP contribution in [0.15, 0.2) is 24.3 Å². The molecule has 2 atom stereocenters. The molecule has 0 aliphatic carbocycles. The molecule has 0 fully saturated rings. The minimum absolute atomic E-state index is 0. The molecule has 0 aliphatic heterocycles. The van der Waals surface area contributed by atoms with Crippen LogP contribution in [0.1, 0.15) is 32.4 Å². The SMILES string of the molecule is CC(NC(=O)[C@H](N)C(C)C)c1cccc(OC(F)F)c1.Cl. The lowest BCUT2D eigenvalue weighted by Gasteiger charge is -2.20.